The quantitative estimate of drug-likeness (QED) is 0.829. The number of hydrogen-bond donors (Lipinski definition) is 2. The molecule has 2 aliphatic rings. The molecule has 5 atom stereocenters. The van der Waals surface area contributed by atoms with E-state index in [1.54, 1.807) is 6.92 Å². The molecule has 4 nitrogen and oxygen atoms in total. The fourth-order valence-corrected chi connectivity index (χ4v) is 4.09. The van der Waals surface area contributed by atoms with Crippen molar-refractivity contribution < 1.29 is 19.1 Å². The van der Waals surface area contributed by atoms with Crippen LogP contribution in [0.5, 0.6) is 0 Å². The molecule has 23 heavy (non-hydrogen) atoms. The van der Waals surface area contributed by atoms with Gasteiger partial charge in [-0.1, -0.05) is 29.8 Å². The first-order valence-corrected chi connectivity index (χ1v) is 7.92. The molecule has 0 radical (unpaired) electrons. The summed E-state index contributed by atoms with van der Waals surface area (Å²) in [7, 11) is 0. The van der Waals surface area contributed by atoms with Gasteiger partial charge >= 0.3 is 5.97 Å². The van der Waals surface area contributed by atoms with Crippen LogP contribution in [0.3, 0.4) is 0 Å². The third-order valence-corrected chi connectivity index (χ3v) is 5.16. The predicted molar refractivity (Wildman–Crippen MR) is 83.3 cm³/mol. The Balaban J connectivity index is 1.76. The van der Waals surface area contributed by atoms with Crippen molar-refractivity contribution in [2.24, 2.45) is 23.7 Å². The number of carbonyl (C=O) groups is 2. The lowest BCUT2D eigenvalue weighted by Crippen LogP contribution is -2.41. The second-order valence-electron chi connectivity index (χ2n) is 6.23. The molecule has 0 heterocycles. The van der Waals surface area contributed by atoms with Gasteiger partial charge in [0.05, 0.1) is 17.9 Å². The smallest absolute Gasteiger partial charge is 0.307 e. The molecule has 1 aromatic carbocycles. The Kier molecular flexibility index (Phi) is 4.15. The van der Waals surface area contributed by atoms with Gasteiger partial charge in [-0.25, -0.2) is 4.39 Å². The third-order valence-electron chi connectivity index (χ3n) is 4.83. The monoisotopic (exact) mass is 337 g/mol. The summed E-state index contributed by atoms with van der Waals surface area (Å²) >= 11 is 6.01. The number of hydrogen-bond acceptors (Lipinski definition) is 2. The normalized spacial score (nSPS) is 29.5. The Morgan fingerprint density at radius 1 is 1.30 bits per heavy atom. The zero-order valence-corrected chi connectivity index (χ0v) is 13.3. The largest absolute Gasteiger partial charge is 0.481 e. The van der Waals surface area contributed by atoms with Crippen LogP contribution < -0.4 is 5.32 Å². The van der Waals surface area contributed by atoms with Crippen LogP contribution in [0.4, 0.5) is 4.39 Å². The van der Waals surface area contributed by atoms with Gasteiger partial charge in [0.25, 0.3) is 0 Å². The van der Waals surface area contributed by atoms with Crippen LogP contribution in [0.15, 0.2) is 30.4 Å². The van der Waals surface area contributed by atoms with Crippen molar-refractivity contribution in [3.05, 3.63) is 46.8 Å². The van der Waals surface area contributed by atoms with Gasteiger partial charge in [0.1, 0.15) is 5.82 Å². The number of carboxylic acid groups (broad SMARTS) is 1. The van der Waals surface area contributed by atoms with Gasteiger partial charge in [0.15, 0.2) is 0 Å². The topological polar surface area (TPSA) is 66.4 Å². The van der Waals surface area contributed by atoms with E-state index < -0.39 is 29.7 Å². The third kappa shape index (κ3) is 2.85. The second-order valence-corrected chi connectivity index (χ2v) is 6.64. The summed E-state index contributed by atoms with van der Waals surface area (Å²) in [5.74, 6) is -3.02. The Labute approximate surface area is 138 Å². The summed E-state index contributed by atoms with van der Waals surface area (Å²) < 4.78 is 13.1. The SMILES string of the molecule is CC(NC(=O)C1C2C=CC(C2)C1C(=O)O)c1ccc(F)cc1Cl. The molecule has 0 aromatic heterocycles. The first-order chi connectivity index (χ1) is 10.9. The zero-order chi connectivity index (χ0) is 16.7. The van der Waals surface area contributed by atoms with E-state index in [9.17, 15) is 19.1 Å². The molecule has 0 spiro atoms. The molecule has 6 heteroatoms. The maximum atomic E-state index is 13.1. The lowest BCUT2D eigenvalue weighted by atomic mass is 9.82. The summed E-state index contributed by atoms with van der Waals surface area (Å²) in [6.07, 6.45) is 4.54. The first kappa shape index (κ1) is 16.0. The summed E-state index contributed by atoms with van der Waals surface area (Å²) in [4.78, 5) is 24.1. The number of amides is 1. The minimum Gasteiger partial charge on any atom is -0.481 e. The second kappa shape index (κ2) is 5.96. The van der Waals surface area contributed by atoms with Crippen LogP contribution in [-0.2, 0) is 9.59 Å². The average Bonchev–Trinajstić information content (AvgIpc) is 3.07. The molecular formula is C17H17ClFNO3. The Bertz CT molecular complexity index is 690. The number of carbonyl (C=O) groups excluding carboxylic acids is 1. The van der Waals surface area contributed by atoms with Crippen molar-refractivity contribution in [1.29, 1.82) is 0 Å². The molecule has 5 unspecified atom stereocenters. The van der Waals surface area contributed by atoms with Gasteiger partial charge in [-0.15, -0.1) is 0 Å². The lowest BCUT2D eigenvalue weighted by Gasteiger charge is -2.26. The highest BCUT2D eigenvalue weighted by atomic mass is 35.5. The van der Waals surface area contributed by atoms with Crippen molar-refractivity contribution in [3.63, 3.8) is 0 Å². The van der Waals surface area contributed by atoms with Crippen LogP contribution in [0.1, 0.15) is 24.9 Å². The molecule has 1 fully saturated rings. The minimum absolute atomic E-state index is 0.0306. The van der Waals surface area contributed by atoms with E-state index in [0.29, 0.717) is 12.0 Å². The first-order valence-electron chi connectivity index (χ1n) is 7.55. The Morgan fingerprint density at radius 2 is 1.96 bits per heavy atom. The van der Waals surface area contributed by atoms with E-state index >= 15 is 0 Å². The Hall–Kier alpha value is -1.88. The zero-order valence-electron chi connectivity index (χ0n) is 12.5. The predicted octanol–water partition coefficient (Wildman–Crippen LogP) is 3.18. The maximum absolute atomic E-state index is 13.1. The molecule has 0 saturated heterocycles. The van der Waals surface area contributed by atoms with Crippen molar-refractivity contribution >= 4 is 23.5 Å². The molecule has 2 aliphatic carbocycles. The minimum atomic E-state index is -0.936. The highest BCUT2D eigenvalue weighted by Gasteiger charge is 2.51. The molecular weight excluding hydrogens is 321 g/mol. The van der Waals surface area contributed by atoms with E-state index in [-0.39, 0.29) is 22.8 Å². The van der Waals surface area contributed by atoms with Gasteiger partial charge in [-0.3, -0.25) is 9.59 Å². The van der Waals surface area contributed by atoms with E-state index in [0.717, 1.165) is 0 Å². The highest BCUT2D eigenvalue weighted by Crippen LogP contribution is 2.48. The molecule has 2 bridgehead atoms. The van der Waals surface area contributed by atoms with E-state index in [2.05, 4.69) is 5.32 Å². The molecule has 1 amide bonds. The van der Waals surface area contributed by atoms with Crippen LogP contribution in [-0.4, -0.2) is 17.0 Å². The summed E-state index contributed by atoms with van der Waals surface area (Å²) in [6, 6.07) is 3.58. The fraction of sp³-hybridized carbons (Fsp3) is 0.412. The van der Waals surface area contributed by atoms with Gasteiger partial charge in [0.2, 0.25) is 5.91 Å². The summed E-state index contributed by atoms with van der Waals surface area (Å²) in [5.41, 5.74) is 0.604. The molecule has 0 aliphatic heterocycles. The van der Waals surface area contributed by atoms with Gasteiger partial charge in [0, 0.05) is 5.02 Å². The van der Waals surface area contributed by atoms with Gasteiger partial charge in [-0.2, -0.15) is 0 Å². The number of halogens is 2. The van der Waals surface area contributed by atoms with Crippen LogP contribution >= 0.6 is 11.6 Å². The van der Waals surface area contributed by atoms with Crippen molar-refractivity contribution in [2.45, 2.75) is 19.4 Å². The van der Waals surface area contributed by atoms with Crippen molar-refractivity contribution in [2.75, 3.05) is 0 Å². The maximum Gasteiger partial charge on any atom is 0.307 e. The van der Waals surface area contributed by atoms with Crippen LogP contribution in [0, 0.1) is 29.5 Å². The molecule has 1 saturated carbocycles. The fourth-order valence-electron chi connectivity index (χ4n) is 3.76. The number of rotatable bonds is 4. The Morgan fingerprint density at radius 3 is 2.57 bits per heavy atom. The lowest BCUT2D eigenvalue weighted by molar-refractivity contribution is -0.148. The van der Waals surface area contributed by atoms with Crippen molar-refractivity contribution in [1.82, 2.24) is 5.32 Å². The number of aliphatic carboxylic acids is 1. The molecule has 122 valence electrons. The van der Waals surface area contributed by atoms with Gasteiger partial charge in [-0.05, 0) is 42.9 Å². The average molecular weight is 338 g/mol. The summed E-state index contributed by atoms with van der Waals surface area (Å²) in [5, 5.41) is 12.5. The van der Waals surface area contributed by atoms with Crippen LogP contribution in [0.25, 0.3) is 0 Å². The van der Waals surface area contributed by atoms with Crippen LogP contribution in [0.2, 0.25) is 5.02 Å². The summed E-state index contributed by atoms with van der Waals surface area (Å²) in [6.45, 7) is 1.75. The van der Waals surface area contributed by atoms with E-state index in [1.165, 1.54) is 18.2 Å². The number of nitrogens with one attached hydrogen (secondary N) is 1. The number of carboxylic acids is 1. The van der Waals surface area contributed by atoms with E-state index in [1.807, 2.05) is 12.2 Å². The molecule has 1 aromatic rings. The van der Waals surface area contributed by atoms with Gasteiger partial charge < -0.3 is 10.4 Å². The highest BCUT2D eigenvalue weighted by molar-refractivity contribution is 6.31. The molecule has 2 N–H and O–H groups in total. The number of allylic oxidation sites excluding steroid dienone is 2. The van der Waals surface area contributed by atoms with Crippen molar-refractivity contribution in [3.8, 4) is 0 Å². The molecule has 3 rings (SSSR count). The standard InChI is InChI=1S/C17H17ClFNO3/c1-8(12-5-4-11(19)7-13(12)18)20-16(21)14-9-2-3-10(6-9)15(14)17(22)23/h2-5,7-10,14-15H,6H2,1H3,(H,20,21)(H,22,23). The number of fused-ring (bicyclic) bond motifs is 2. The number of benzene rings is 1. The van der Waals surface area contributed by atoms with E-state index in [4.69, 9.17) is 11.6 Å².